The van der Waals surface area contributed by atoms with Gasteiger partial charge < -0.3 is 9.64 Å². The molecule has 0 unspecified atom stereocenters. The number of carbonyl (C=O) groups excluding carboxylic acids is 1. The van der Waals surface area contributed by atoms with E-state index in [0.717, 1.165) is 68.6 Å². The molecule has 3 aromatic rings. The van der Waals surface area contributed by atoms with Crippen LogP contribution in [0, 0.1) is 5.41 Å². The van der Waals surface area contributed by atoms with Crippen molar-refractivity contribution in [3.63, 3.8) is 0 Å². The maximum absolute atomic E-state index is 13.1. The van der Waals surface area contributed by atoms with Gasteiger partial charge in [-0.25, -0.2) is 4.98 Å². The normalized spacial score (nSPS) is 21.1. The molecule has 2 fully saturated rings. The molecule has 0 aliphatic carbocycles. The van der Waals surface area contributed by atoms with E-state index in [1.807, 2.05) is 23.1 Å². The van der Waals surface area contributed by atoms with Crippen LogP contribution in [0.25, 0.3) is 10.9 Å². The number of hydrogen-bond donors (Lipinski definition) is 0. The third-order valence-electron chi connectivity index (χ3n) is 8.30. The van der Waals surface area contributed by atoms with Gasteiger partial charge in [0, 0.05) is 49.4 Å². The third kappa shape index (κ3) is 4.40. The van der Waals surface area contributed by atoms with Crippen molar-refractivity contribution in [2.24, 2.45) is 5.41 Å². The highest BCUT2D eigenvalue weighted by Crippen LogP contribution is 2.43. The SMILES string of the molecule is CC1(C)Cc2cccc(CN3CCC4(CC3)CCN(C(=O)c3ccc5cnccc5n3)CC4)c2O1. The molecule has 35 heavy (non-hydrogen) atoms. The average Bonchev–Trinajstić information content (AvgIpc) is 3.20. The van der Waals surface area contributed by atoms with Crippen molar-refractivity contribution in [1.29, 1.82) is 0 Å². The molecule has 2 aromatic heterocycles. The Bertz CT molecular complexity index is 1250. The highest BCUT2D eigenvalue weighted by molar-refractivity contribution is 5.94. The van der Waals surface area contributed by atoms with Crippen LogP contribution in [-0.2, 0) is 13.0 Å². The molecule has 3 aliphatic heterocycles. The first kappa shape index (κ1) is 22.5. The zero-order valence-corrected chi connectivity index (χ0v) is 20.8. The maximum Gasteiger partial charge on any atom is 0.272 e. The van der Waals surface area contributed by atoms with Crippen LogP contribution in [0.3, 0.4) is 0 Å². The Morgan fingerprint density at radius 1 is 1.00 bits per heavy atom. The Kier molecular flexibility index (Phi) is 5.52. The second kappa shape index (κ2) is 8.59. The van der Waals surface area contributed by atoms with E-state index < -0.39 is 0 Å². The minimum atomic E-state index is -0.102. The van der Waals surface area contributed by atoms with Crippen molar-refractivity contribution < 1.29 is 9.53 Å². The highest BCUT2D eigenvalue weighted by Gasteiger charge is 2.39. The fourth-order valence-electron chi connectivity index (χ4n) is 6.16. The second-order valence-electron chi connectivity index (χ2n) is 11.3. The predicted molar refractivity (Wildman–Crippen MR) is 136 cm³/mol. The molecule has 6 rings (SSSR count). The quantitative estimate of drug-likeness (QED) is 0.547. The lowest BCUT2D eigenvalue weighted by atomic mass is 9.71. The number of pyridine rings is 2. The summed E-state index contributed by atoms with van der Waals surface area (Å²) in [5.41, 5.74) is 4.29. The van der Waals surface area contributed by atoms with Crippen molar-refractivity contribution in [2.75, 3.05) is 26.2 Å². The lowest BCUT2D eigenvalue weighted by molar-refractivity contribution is 0.0279. The molecule has 6 heteroatoms. The van der Waals surface area contributed by atoms with E-state index in [-0.39, 0.29) is 11.5 Å². The standard InChI is InChI=1S/C29H34N4O2/c1-28(2)18-21-4-3-5-23(26(21)35-28)20-32-14-9-29(10-15-32)11-16-33(17-12-29)27(34)25-7-6-22-19-30-13-8-24(22)31-25/h3-8,13,19H,9-12,14-18,20H2,1-2H3. The molecule has 0 atom stereocenters. The van der Waals surface area contributed by atoms with Gasteiger partial charge in [-0.05, 0) is 81.8 Å². The van der Waals surface area contributed by atoms with E-state index in [4.69, 9.17) is 4.74 Å². The second-order valence-corrected chi connectivity index (χ2v) is 11.3. The van der Waals surface area contributed by atoms with Gasteiger partial charge in [0.25, 0.3) is 5.91 Å². The van der Waals surface area contributed by atoms with Crippen LogP contribution in [0.2, 0.25) is 0 Å². The molecular weight excluding hydrogens is 436 g/mol. The van der Waals surface area contributed by atoms with Crippen LogP contribution in [0.5, 0.6) is 5.75 Å². The maximum atomic E-state index is 13.1. The van der Waals surface area contributed by atoms with Crippen molar-refractivity contribution in [3.8, 4) is 5.75 Å². The number of ether oxygens (including phenoxy) is 1. The summed E-state index contributed by atoms with van der Waals surface area (Å²) in [7, 11) is 0. The predicted octanol–water partition coefficient (Wildman–Crippen LogP) is 4.86. The van der Waals surface area contributed by atoms with Gasteiger partial charge in [0.2, 0.25) is 0 Å². The van der Waals surface area contributed by atoms with Crippen LogP contribution in [0.4, 0.5) is 0 Å². The first-order chi connectivity index (χ1) is 16.9. The Balaban J connectivity index is 1.05. The lowest BCUT2D eigenvalue weighted by Crippen LogP contribution is -2.48. The minimum Gasteiger partial charge on any atom is -0.487 e. The van der Waals surface area contributed by atoms with E-state index in [1.54, 1.807) is 12.4 Å². The van der Waals surface area contributed by atoms with Crippen LogP contribution in [0.15, 0.2) is 48.8 Å². The number of amides is 1. The van der Waals surface area contributed by atoms with Gasteiger partial charge in [0.05, 0.1) is 5.52 Å². The Morgan fingerprint density at radius 3 is 2.57 bits per heavy atom. The summed E-state index contributed by atoms with van der Waals surface area (Å²) in [4.78, 5) is 26.4. The number of piperidine rings is 2. The van der Waals surface area contributed by atoms with Gasteiger partial charge in [0.15, 0.2) is 0 Å². The molecule has 5 heterocycles. The van der Waals surface area contributed by atoms with Crippen LogP contribution < -0.4 is 4.74 Å². The number of para-hydroxylation sites is 1. The summed E-state index contributed by atoms with van der Waals surface area (Å²) in [6.45, 7) is 9.18. The Labute approximate surface area is 207 Å². The number of rotatable bonds is 3. The van der Waals surface area contributed by atoms with E-state index >= 15 is 0 Å². The first-order valence-electron chi connectivity index (χ1n) is 12.9. The van der Waals surface area contributed by atoms with Gasteiger partial charge in [0.1, 0.15) is 17.0 Å². The van der Waals surface area contributed by atoms with Crippen molar-refractivity contribution in [3.05, 3.63) is 65.6 Å². The number of carbonyl (C=O) groups is 1. The summed E-state index contributed by atoms with van der Waals surface area (Å²) in [5.74, 6) is 1.17. The van der Waals surface area contributed by atoms with Crippen LogP contribution >= 0.6 is 0 Å². The molecule has 2 saturated heterocycles. The number of fused-ring (bicyclic) bond motifs is 2. The fraction of sp³-hybridized carbons (Fsp3) is 0.483. The van der Waals surface area contributed by atoms with Gasteiger partial charge >= 0.3 is 0 Å². The molecule has 182 valence electrons. The van der Waals surface area contributed by atoms with E-state index in [0.29, 0.717) is 11.1 Å². The number of aromatic nitrogens is 2. The number of likely N-dealkylation sites (tertiary alicyclic amines) is 2. The first-order valence-corrected chi connectivity index (χ1v) is 12.9. The molecular formula is C29H34N4O2. The summed E-state index contributed by atoms with van der Waals surface area (Å²) >= 11 is 0. The Hall–Kier alpha value is -2.99. The molecule has 6 nitrogen and oxygen atoms in total. The van der Waals surface area contributed by atoms with Gasteiger partial charge in [-0.15, -0.1) is 0 Å². The summed E-state index contributed by atoms with van der Waals surface area (Å²) < 4.78 is 6.30. The van der Waals surface area contributed by atoms with Crippen LogP contribution in [0.1, 0.15) is 61.1 Å². The van der Waals surface area contributed by atoms with Crippen molar-refractivity contribution >= 4 is 16.8 Å². The molecule has 1 amide bonds. The minimum absolute atomic E-state index is 0.0526. The fourth-order valence-corrected chi connectivity index (χ4v) is 6.16. The van der Waals surface area contributed by atoms with Crippen molar-refractivity contribution in [1.82, 2.24) is 19.8 Å². The third-order valence-corrected chi connectivity index (χ3v) is 8.30. The number of hydrogen-bond acceptors (Lipinski definition) is 5. The van der Waals surface area contributed by atoms with Gasteiger partial charge in [-0.2, -0.15) is 0 Å². The monoisotopic (exact) mass is 470 g/mol. The van der Waals surface area contributed by atoms with E-state index in [2.05, 4.69) is 46.9 Å². The number of nitrogens with zero attached hydrogens (tertiary/aromatic N) is 4. The Morgan fingerprint density at radius 2 is 1.77 bits per heavy atom. The molecule has 3 aliphatic rings. The van der Waals surface area contributed by atoms with Crippen molar-refractivity contribution in [2.45, 2.75) is 58.1 Å². The van der Waals surface area contributed by atoms with Gasteiger partial charge in [-0.3, -0.25) is 14.7 Å². The molecule has 0 saturated carbocycles. The summed E-state index contributed by atoms with van der Waals surface area (Å²) in [5, 5.41) is 0.962. The molecule has 0 N–H and O–H groups in total. The number of benzene rings is 1. The highest BCUT2D eigenvalue weighted by atomic mass is 16.5. The molecule has 0 radical (unpaired) electrons. The molecule has 0 bridgehead atoms. The zero-order valence-electron chi connectivity index (χ0n) is 20.8. The van der Waals surface area contributed by atoms with E-state index in [9.17, 15) is 4.79 Å². The zero-order chi connectivity index (χ0) is 24.0. The smallest absolute Gasteiger partial charge is 0.272 e. The van der Waals surface area contributed by atoms with Crippen LogP contribution in [-0.4, -0.2) is 57.5 Å². The average molecular weight is 471 g/mol. The summed E-state index contributed by atoms with van der Waals surface area (Å²) in [6, 6.07) is 12.3. The molecule has 1 aromatic carbocycles. The lowest BCUT2D eigenvalue weighted by Gasteiger charge is -2.47. The molecule has 1 spiro atoms. The van der Waals surface area contributed by atoms with Gasteiger partial charge in [-0.1, -0.05) is 18.2 Å². The topological polar surface area (TPSA) is 58.6 Å². The largest absolute Gasteiger partial charge is 0.487 e. The van der Waals surface area contributed by atoms with E-state index in [1.165, 1.54) is 24.0 Å². The summed E-state index contributed by atoms with van der Waals surface area (Å²) in [6.07, 6.45) is 9.08.